The maximum absolute atomic E-state index is 13.6. The first-order valence-electron chi connectivity index (χ1n) is 13.0. The Bertz CT molecular complexity index is 1590. The van der Waals surface area contributed by atoms with Gasteiger partial charge >= 0.3 is 6.03 Å². The van der Waals surface area contributed by atoms with Gasteiger partial charge in [-0.05, 0) is 60.4 Å². The molecule has 1 aliphatic carbocycles. The van der Waals surface area contributed by atoms with Crippen LogP contribution < -0.4 is 5.32 Å². The first-order chi connectivity index (χ1) is 19.0. The Morgan fingerprint density at radius 3 is 2.05 bits per heavy atom. The number of benzene rings is 3. The fraction of sp³-hybridized carbons (Fsp3) is 0.156. The average Bonchev–Trinajstić information content (AvgIpc) is 3.61. The highest BCUT2D eigenvalue weighted by Crippen LogP contribution is 2.38. The second-order valence-corrected chi connectivity index (χ2v) is 10.7. The fourth-order valence-electron chi connectivity index (χ4n) is 5.53. The lowest BCUT2D eigenvalue weighted by Gasteiger charge is -2.31. The van der Waals surface area contributed by atoms with Gasteiger partial charge in [0.1, 0.15) is 5.57 Å². The third-order valence-corrected chi connectivity index (χ3v) is 7.88. The number of urea groups is 1. The number of rotatable bonds is 5. The molecule has 6 rings (SSSR count). The third-order valence-electron chi connectivity index (χ3n) is 7.35. The van der Waals surface area contributed by atoms with E-state index in [0.717, 1.165) is 58.4 Å². The van der Waals surface area contributed by atoms with Gasteiger partial charge in [0.25, 0.3) is 11.8 Å². The van der Waals surface area contributed by atoms with Gasteiger partial charge < -0.3 is 4.57 Å². The van der Waals surface area contributed by atoms with Crippen molar-refractivity contribution in [2.45, 2.75) is 31.7 Å². The molecule has 0 spiro atoms. The molecule has 1 saturated carbocycles. The molecule has 1 aliphatic heterocycles. The third kappa shape index (κ3) is 4.74. The summed E-state index contributed by atoms with van der Waals surface area (Å²) in [6, 6.07) is 29.1. The summed E-state index contributed by atoms with van der Waals surface area (Å²) in [5, 5.41) is 2.40. The quantitative estimate of drug-likeness (QED) is 0.205. The van der Waals surface area contributed by atoms with Gasteiger partial charge in [-0.2, -0.15) is 0 Å². The predicted octanol–water partition coefficient (Wildman–Crippen LogP) is 6.98. The van der Waals surface area contributed by atoms with Crippen molar-refractivity contribution in [1.82, 2.24) is 14.8 Å². The number of nitrogens with one attached hydrogen (secondary N) is 1. The van der Waals surface area contributed by atoms with Crippen LogP contribution in [0.5, 0.6) is 0 Å². The van der Waals surface area contributed by atoms with E-state index in [0.29, 0.717) is 5.56 Å². The Morgan fingerprint density at radius 2 is 1.41 bits per heavy atom. The zero-order valence-electron chi connectivity index (χ0n) is 21.1. The van der Waals surface area contributed by atoms with Crippen molar-refractivity contribution in [2.75, 3.05) is 0 Å². The van der Waals surface area contributed by atoms with Gasteiger partial charge in [0, 0.05) is 21.8 Å². The van der Waals surface area contributed by atoms with E-state index in [4.69, 9.17) is 0 Å². The van der Waals surface area contributed by atoms with E-state index < -0.39 is 17.8 Å². The molecule has 0 atom stereocenters. The van der Waals surface area contributed by atoms with Crippen LogP contribution in [0.25, 0.3) is 34.3 Å². The molecule has 7 heteroatoms. The Labute approximate surface area is 235 Å². The predicted molar refractivity (Wildman–Crippen MR) is 155 cm³/mol. The molecule has 39 heavy (non-hydrogen) atoms. The average molecular weight is 580 g/mol. The summed E-state index contributed by atoms with van der Waals surface area (Å²) < 4.78 is 3.11. The van der Waals surface area contributed by atoms with Crippen molar-refractivity contribution in [3.63, 3.8) is 0 Å². The molecule has 3 aromatic carbocycles. The summed E-state index contributed by atoms with van der Waals surface area (Å²) in [6.07, 6.45) is 5.07. The van der Waals surface area contributed by atoms with Crippen molar-refractivity contribution < 1.29 is 14.4 Å². The van der Waals surface area contributed by atoms with Gasteiger partial charge in [-0.3, -0.25) is 19.8 Å². The molecule has 1 aromatic heterocycles. The van der Waals surface area contributed by atoms with E-state index in [9.17, 15) is 14.4 Å². The lowest BCUT2D eigenvalue weighted by molar-refractivity contribution is -0.131. The topological polar surface area (TPSA) is 71.4 Å². The maximum Gasteiger partial charge on any atom is 0.331 e. The van der Waals surface area contributed by atoms with Gasteiger partial charge in [0.15, 0.2) is 0 Å². The molecule has 0 unspecified atom stereocenters. The highest BCUT2D eigenvalue weighted by atomic mass is 79.9. The molecule has 4 aromatic rings. The fourth-order valence-corrected chi connectivity index (χ4v) is 5.80. The number of hydrogen-bond donors (Lipinski definition) is 1. The second kappa shape index (κ2) is 10.5. The number of hydrogen-bond acceptors (Lipinski definition) is 3. The second-order valence-electron chi connectivity index (χ2n) is 9.81. The SMILES string of the molecule is O=C1NC(=O)N(C2CCCC2)C(=O)/C1=C\c1cc(-c2ccccc2)n(-c2ccc(Br)cc2)c1-c1ccccc1. The standard InChI is InChI=1S/C32H26BrN3O3/c33-24-15-17-26(18-16-24)35-28(21-9-3-1-4-10-21)20-23(29(35)22-11-5-2-6-12-22)19-27-30(37)34-32(39)36(31(27)38)25-13-7-8-14-25/h1-6,9-12,15-20,25H,7-8,13-14H2,(H,34,37,39)/b27-19-. The number of nitrogens with zero attached hydrogens (tertiary/aromatic N) is 2. The van der Waals surface area contributed by atoms with E-state index >= 15 is 0 Å². The maximum atomic E-state index is 13.6. The Balaban J connectivity index is 1.59. The van der Waals surface area contributed by atoms with E-state index in [1.807, 2.05) is 91.0 Å². The Hall–Kier alpha value is -4.23. The lowest BCUT2D eigenvalue weighted by atomic mass is 10.0. The molecule has 2 heterocycles. The summed E-state index contributed by atoms with van der Waals surface area (Å²) in [5.74, 6) is -1.21. The van der Waals surface area contributed by atoms with Gasteiger partial charge in [0.2, 0.25) is 0 Å². The number of carbonyl (C=O) groups excluding carboxylic acids is 3. The van der Waals surface area contributed by atoms with Crippen LogP contribution in [-0.2, 0) is 9.59 Å². The number of aromatic nitrogens is 1. The summed E-state index contributed by atoms with van der Waals surface area (Å²) in [7, 11) is 0. The van der Waals surface area contributed by atoms with Crippen LogP contribution in [-0.4, -0.2) is 33.4 Å². The number of carbonyl (C=O) groups is 3. The van der Waals surface area contributed by atoms with E-state index in [1.165, 1.54) is 4.90 Å². The summed E-state index contributed by atoms with van der Waals surface area (Å²) in [4.78, 5) is 40.6. The van der Waals surface area contributed by atoms with Crippen molar-refractivity contribution in [3.05, 3.63) is 107 Å². The molecule has 2 fully saturated rings. The molecule has 194 valence electrons. The Morgan fingerprint density at radius 1 is 0.795 bits per heavy atom. The van der Waals surface area contributed by atoms with Crippen LogP contribution in [0.2, 0.25) is 0 Å². The smallest absolute Gasteiger partial charge is 0.309 e. The number of imide groups is 2. The minimum absolute atomic E-state index is 0.0359. The molecule has 2 aliphatic rings. The molecule has 0 radical (unpaired) electrons. The number of halogens is 1. The largest absolute Gasteiger partial charge is 0.331 e. The van der Waals surface area contributed by atoms with Crippen molar-refractivity contribution in [2.24, 2.45) is 0 Å². The van der Waals surface area contributed by atoms with Crippen LogP contribution >= 0.6 is 15.9 Å². The van der Waals surface area contributed by atoms with Crippen LogP contribution in [0.1, 0.15) is 31.2 Å². The van der Waals surface area contributed by atoms with Gasteiger partial charge in [-0.15, -0.1) is 0 Å². The molecule has 1 N–H and O–H groups in total. The molecule has 0 bridgehead atoms. The molecule has 1 saturated heterocycles. The van der Waals surface area contributed by atoms with Gasteiger partial charge in [-0.1, -0.05) is 89.4 Å². The number of amides is 4. The Kier molecular flexibility index (Phi) is 6.75. The normalized spacial score (nSPS) is 17.2. The van der Waals surface area contributed by atoms with Crippen molar-refractivity contribution in [3.8, 4) is 28.2 Å². The zero-order valence-corrected chi connectivity index (χ0v) is 22.7. The van der Waals surface area contributed by atoms with Crippen LogP contribution in [0.3, 0.4) is 0 Å². The summed E-state index contributed by atoms with van der Waals surface area (Å²) in [6.45, 7) is 0. The van der Waals surface area contributed by atoms with Crippen LogP contribution in [0.4, 0.5) is 4.79 Å². The minimum atomic E-state index is -0.670. The van der Waals surface area contributed by atoms with Crippen molar-refractivity contribution in [1.29, 1.82) is 0 Å². The highest BCUT2D eigenvalue weighted by Gasteiger charge is 2.41. The first-order valence-corrected chi connectivity index (χ1v) is 13.8. The van der Waals surface area contributed by atoms with Crippen LogP contribution in [0.15, 0.2) is 101 Å². The van der Waals surface area contributed by atoms with Gasteiger partial charge in [0.05, 0.1) is 11.4 Å². The molecular formula is C32H26BrN3O3. The van der Waals surface area contributed by atoms with E-state index in [2.05, 4.69) is 25.8 Å². The summed E-state index contributed by atoms with van der Waals surface area (Å²) in [5.41, 5.74) is 5.28. The lowest BCUT2D eigenvalue weighted by Crippen LogP contribution is -2.57. The minimum Gasteiger partial charge on any atom is -0.309 e. The zero-order chi connectivity index (χ0) is 26.9. The van der Waals surface area contributed by atoms with E-state index in [1.54, 1.807) is 6.08 Å². The molecule has 6 nitrogen and oxygen atoms in total. The molecular weight excluding hydrogens is 554 g/mol. The van der Waals surface area contributed by atoms with Gasteiger partial charge in [-0.25, -0.2) is 4.79 Å². The highest BCUT2D eigenvalue weighted by molar-refractivity contribution is 9.10. The number of barbiturate groups is 1. The first kappa shape index (κ1) is 25.1. The van der Waals surface area contributed by atoms with Crippen LogP contribution in [0, 0.1) is 0 Å². The molecule has 4 amide bonds. The van der Waals surface area contributed by atoms with E-state index in [-0.39, 0.29) is 11.6 Å². The van der Waals surface area contributed by atoms with Crippen molar-refractivity contribution >= 4 is 39.9 Å². The monoisotopic (exact) mass is 579 g/mol. The summed E-state index contributed by atoms with van der Waals surface area (Å²) >= 11 is 3.53.